The van der Waals surface area contributed by atoms with Crippen molar-refractivity contribution in [3.8, 4) is 0 Å². The lowest BCUT2D eigenvalue weighted by atomic mass is 9.75. The van der Waals surface area contributed by atoms with Crippen molar-refractivity contribution < 1.29 is 4.79 Å². The molecule has 0 unspecified atom stereocenters. The number of carbonyl (C=O) groups is 1. The van der Waals surface area contributed by atoms with Gasteiger partial charge in [0.05, 0.1) is 12.0 Å². The van der Waals surface area contributed by atoms with Crippen molar-refractivity contribution in [1.82, 2.24) is 10.2 Å². The van der Waals surface area contributed by atoms with Gasteiger partial charge in [-0.1, -0.05) is 13.0 Å². The molecule has 0 bridgehead atoms. The molecule has 4 heteroatoms. The van der Waals surface area contributed by atoms with Gasteiger partial charge in [0.2, 0.25) is 5.91 Å². The fourth-order valence-corrected chi connectivity index (χ4v) is 3.49. The van der Waals surface area contributed by atoms with Gasteiger partial charge in [0, 0.05) is 11.9 Å². The van der Waals surface area contributed by atoms with E-state index in [0.717, 1.165) is 38.9 Å². The summed E-state index contributed by atoms with van der Waals surface area (Å²) in [5.41, 5.74) is -0.128. The van der Waals surface area contributed by atoms with E-state index < -0.39 is 0 Å². The third-order valence-electron chi connectivity index (χ3n) is 4.01. The maximum Gasteiger partial charge on any atom is 0.228 e. The number of rotatable bonds is 4. The number of thiophene rings is 1. The van der Waals surface area contributed by atoms with E-state index in [1.54, 1.807) is 11.3 Å². The minimum absolute atomic E-state index is 0.128. The summed E-state index contributed by atoms with van der Waals surface area (Å²) in [4.78, 5) is 15.8. The first-order valence-electron chi connectivity index (χ1n) is 6.66. The summed E-state index contributed by atoms with van der Waals surface area (Å²) >= 11 is 1.72. The molecule has 0 atom stereocenters. The van der Waals surface area contributed by atoms with Crippen LogP contribution in [0.15, 0.2) is 17.5 Å². The Balaban J connectivity index is 2.04. The monoisotopic (exact) mass is 266 g/mol. The van der Waals surface area contributed by atoms with Crippen LogP contribution in [-0.4, -0.2) is 30.9 Å². The van der Waals surface area contributed by atoms with Crippen LogP contribution >= 0.6 is 11.3 Å². The van der Waals surface area contributed by atoms with Gasteiger partial charge in [0.15, 0.2) is 0 Å². The van der Waals surface area contributed by atoms with Gasteiger partial charge >= 0.3 is 0 Å². The largest absolute Gasteiger partial charge is 0.340 e. The summed E-state index contributed by atoms with van der Waals surface area (Å²) in [5, 5.41) is 5.41. The summed E-state index contributed by atoms with van der Waals surface area (Å²) in [6.07, 6.45) is 2.89. The molecule has 1 N–H and O–H groups in total. The molecule has 0 radical (unpaired) electrons. The smallest absolute Gasteiger partial charge is 0.228 e. The van der Waals surface area contributed by atoms with E-state index in [1.807, 2.05) is 18.0 Å². The summed E-state index contributed by atoms with van der Waals surface area (Å²) in [6.45, 7) is 4.81. The van der Waals surface area contributed by atoms with Crippen molar-refractivity contribution >= 4 is 17.2 Å². The quantitative estimate of drug-likeness (QED) is 0.908. The van der Waals surface area contributed by atoms with Gasteiger partial charge in [-0.15, -0.1) is 11.3 Å². The van der Waals surface area contributed by atoms with Crippen LogP contribution in [0.4, 0.5) is 0 Å². The fraction of sp³-hybridized carbons (Fsp3) is 0.643. The molecular formula is C14H22N2OS. The van der Waals surface area contributed by atoms with E-state index in [1.165, 1.54) is 4.88 Å². The zero-order valence-corrected chi connectivity index (χ0v) is 12.1. The van der Waals surface area contributed by atoms with E-state index in [4.69, 9.17) is 0 Å². The minimum Gasteiger partial charge on any atom is -0.340 e. The van der Waals surface area contributed by atoms with Crippen molar-refractivity contribution in [2.75, 3.05) is 20.1 Å². The predicted octanol–water partition coefficient (Wildman–Crippen LogP) is 2.49. The van der Waals surface area contributed by atoms with Gasteiger partial charge < -0.3 is 10.2 Å². The number of amides is 1. The molecule has 0 spiro atoms. The summed E-state index contributed by atoms with van der Waals surface area (Å²) in [6, 6.07) is 4.13. The van der Waals surface area contributed by atoms with Crippen LogP contribution in [0, 0.1) is 5.41 Å². The van der Waals surface area contributed by atoms with E-state index >= 15 is 0 Å². The first kappa shape index (κ1) is 13.6. The second-order valence-electron chi connectivity index (χ2n) is 5.12. The lowest BCUT2D eigenvalue weighted by Gasteiger charge is -2.38. The molecule has 1 saturated heterocycles. The van der Waals surface area contributed by atoms with Gasteiger partial charge in [-0.3, -0.25) is 4.79 Å². The third kappa shape index (κ3) is 2.75. The molecule has 0 saturated carbocycles. The molecule has 2 heterocycles. The van der Waals surface area contributed by atoms with Crippen molar-refractivity contribution in [2.24, 2.45) is 5.41 Å². The third-order valence-corrected chi connectivity index (χ3v) is 4.87. The van der Waals surface area contributed by atoms with Crippen LogP contribution in [0.1, 0.15) is 31.1 Å². The van der Waals surface area contributed by atoms with Crippen LogP contribution in [0.3, 0.4) is 0 Å². The van der Waals surface area contributed by atoms with Crippen LogP contribution < -0.4 is 5.32 Å². The van der Waals surface area contributed by atoms with Crippen LogP contribution in [0.2, 0.25) is 0 Å². The average molecular weight is 266 g/mol. The van der Waals surface area contributed by atoms with Crippen molar-refractivity contribution in [3.05, 3.63) is 22.4 Å². The minimum atomic E-state index is -0.128. The molecule has 0 aliphatic carbocycles. The van der Waals surface area contributed by atoms with E-state index in [2.05, 4.69) is 23.7 Å². The van der Waals surface area contributed by atoms with E-state index in [-0.39, 0.29) is 5.41 Å². The van der Waals surface area contributed by atoms with Gasteiger partial charge in [-0.05, 0) is 43.8 Å². The highest BCUT2D eigenvalue weighted by Crippen LogP contribution is 2.34. The Morgan fingerprint density at radius 2 is 2.22 bits per heavy atom. The second-order valence-corrected chi connectivity index (χ2v) is 6.16. The predicted molar refractivity (Wildman–Crippen MR) is 75.6 cm³/mol. The SMILES string of the molecule is CCC1(C(=O)N(C)Cc2cccs2)CCNCC1. The Labute approximate surface area is 113 Å². The van der Waals surface area contributed by atoms with Gasteiger partial charge in [0.25, 0.3) is 0 Å². The van der Waals surface area contributed by atoms with E-state index in [0.29, 0.717) is 5.91 Å². The molecule has 0 aromatic carbocycles. The maximum absolute atomic E-state index is 12.7. The highest BCUT2D eigenvalue weighted by molar-refractivity contribution is 7.09. The van der Waals surface area contributed by atoms with Crippen molar-refractivity contribution in [1.29, 1.82) is 0 Å². The normalized spacial score (nSPS) is 18.6. The molecule has 1 fully saturated rings. The molecule has 18 heavy (non-hydrogen) atoms. The van der Waals surface area contributed by atoms with Gasteiger partial charge in [-0.25, -0.2) is 0 Å². The topological polar surface area (TPSA) is 32.3 Å². The molecule has 1 aromatic heterocycles. The molecular weight excluding hydrogens is 244 g/mol. The highest BCUT2D eigenvalue weighted by Gasteiger charge is 2.39. The molecule has 100 valence electrons. The number of carbonyl (C=O) groups excluding carboxylic acids is 1. The Morgan fingerprint density at radius 1 is 1.50 bits per heavy atom. The number of hydrogen-bond donors (Lipinski definition) is 1. The lowest BCUT2D eigenvalue weighted by Crippen LogP contribution is -2.47. The molecule has 1 aromatic rings. The molecule has 1 amide bonds. The van der Waals surface area contributed by atoms with Crippen LogP contribution in [-0.2, 0) is 11.3 Å². The highest BCUT2D eigenvalue weighted by atomic mass is 32.1. The molecule has 2 rings (SSSR count). The maximum atomic E-state index is 12.7. The Kier molecular flexibility index (Phi) is 4.40. The fourth-order valence-electron chi connectivity index (χ4n) is 2.74. The lowest BCUT2D eigenvalue weighted by molar-refractivity contribution is -0.143. The second kappa shape index (κ2) is 5.85. The zero-order valence-electron chi connectivity index (χ0n) is 11.2. The first-order valence-corrected chi connectivity index (χ1v) is 7.54. The van der Waals surface area contributed by atoms with Crippen molar-refractivity contribution in [2.45, 2.75) is 32.7 Å². The average Bonchev–Trinajstić information content (AvgIpc) is 2.91. The van der Waals surface area contributed by atoms with Gasteiger partial charge in [-0.2, -0.15) is 0 Å². The Morgan fingerprint density at radius 3 is 2.78 bits per heavy atom. The molecule has 1 aliphatic heterocycles. The summed E-state index contributed by atoms with van der Waals surface area (Å²) in [5.74, 6) is 0.319. The van der Waals surface area contributed by atoms with Crippen LogP contribution in [0.5, 0.6) is 0 Å². The van der Waals surface area contributed by atoms with Gasteiger partial charge in [0.1, 0.15) is 0 Å². The molecule has 1 aliphatic rings. The summed E-state index contributed by atoms with van der Waals surface area (Å²) < 4.78 is 0. The summed E-state index contributed by atoms with van der Waals surface area (Å²) in [7, 11) is 1.93. The van der Waals surface area contributed by atoms with E-state index in [9.17, 15) is 4.79 Å². The molecule has 3 nitrogen and oxygen atoms in total. The number of nitrogens with zero attached hydrogens (tertiary/aromatic N) is 1. The van der Waals surface area contributed by atoms with Crippen LogP contribution in [0.25, 0.3) is 0 Å². The Bertz CT molecular complexity index is 383. The first-order chi connectivity index (χ1) is 8.68. The zero-order chi connectivity index (χ0) is 13.0. The van der Waals surface area contributed by atoms with Crippen molar-refractivity contribution in [3.63, 3.8) is 0 Å². The number of nitrogens with one attached hydrogen (secondary N) is 1. The number of hydrogen-bond acceptors (Lipinski definition) is 3. The standard InChI is InChI=1S/C14H22N2OS/c1-3-14(6-8-15-9-7-14)13(17)16(2)11-12-5-4-10-18-12/h4-5,10,15H,3,6-9,11H2,1-2H3. The Hall–Kier alpha value is -0.870. The number of piperidine rings is 1.